The average molecular weight is 280 g/mol. The number of rotatable bonds is 5. The summed E-state index contributed by atoms with van der Waals surface area (Å²) in [5.74, 6) is 0. The molecule has 1 heterocycles. The van der Waals surface area contributed by atoms with E-state index in [4.69, 9.17) is 5.73 Å². The third kappa shape index (κ3) is 3.19. The molecule has 2 rings (SSSR count). The molecular formula is C12H16N4O2S. The van der Waals surface area contributed by atoms with Crippen LogP contribution in [0.5, 0.6) is 0 Å². The van der Waals surface area contributed by atoms with Crippen molar-refractivity contribution >= 4 is 10.0 Å². The molecule has 0 amide bonds. The standard InChI is InChI=1S/C12H16N4O2S/c1-9(11-7-14-15-8-11)16-19(17,18)12-4-2-3-10(5-12)6-13/h2-5,7-9,16H,6,13H2,1H3,(H,14,15). The maximum atomic E-state index is 12.2. The number of nitrogens with one attached hydrogen (secondary N) is 2. The van der Waals surface area contributed by atoms with E-state index in [1.807, 2.05) is 0 Å². The molecule has 0 aliphatic rings. The SMILES string of the molecule is CC(NS(=O)(=O)c1cccc(CN)c1)c1cn[nH]c1. The molecule has 1 aromatic heterocycles. The van der Waals surface area contributed by atoms with Crippen LogP contribution in [-0.2, 0) is 16.6 Å². The van der Waals surface area contributed by atoms with Gasteiger partial charge in [-0.25, -0.2) is 13.1 Å². The Morgan fingerprint density at radius 2 is 2.26 bits per heavy atom. The van der Waals surface area contributed by atoms with Gasteiger partial charge in [-0.15, -0.1) is 0 Å². The summed E-state index contributed by atoms with van der Waals surface area (Å²) in [4.78, 5) is 0.214. The van der Waals surface area contributed by atoms with Gasteiger partial charge in [0.1, 0.15) is 0 Å². The van der Waals surface area contributed by atoms with E-state index in [9.17, 15) is 8.42 Å². The highest BCUT2D eigenvalue weighted by Gasteiger charge is 2.18. The van der Waals surface area contributed by atoms with Gasteiger partial charge in [-0.2, -0.15) is 5.10 Å². The van der Waals surface area contributed by atoms with E-state index in [1.54, 1.807) is 43.6 Å². The molecular weight excluding hydrogens is 264 g/mol. The lowest BCUT2D eigenvalue weighted by molar-refractivity contribution is 0.567. The van der Waals surface area contributed by atoms with Gasteiger partial charge < -0.3 is 5.73 Å². The topological polar surface area (TPSA) is 101 Å². The van der Waals surface area contributed by atoms with Crippen LogP contribution in [0.3, 0.4) is 0 Å². The third-order valence-electron chi connectivity index (χ3n) is 2.80. The number of H-pyrrole nitrogens is 1. The molecule has 0 radical (unpaired) electrons. The lowest BCUT2D eigenvalue weighted by atomic mass is 10.2. The van der Waals surface area contributed by atoms with Crippen LogP contribution >= 0.6 is 0 Å². The number of benzene rings is 1. The normalized spacial score (nSPS) is 13.4. The van der Waals surface area contributed by atoms with Crippen molar-refractivity contribution < 1.29 is 8.42 Å². The van der Waals surface area contributed by atoms with Crippen molar-refractivity contribution in [3.8, 4) is 0 Å². The number of sulfonamides is 1. The Morgan fingerprint density at radius 3 is 2.89 bits per heavy atom. The van der Waals surface area contributed by atoms with Gasteiger partial charge in [0.15, 0.2) is 0 Å². The van der Waals surface area contributed by atoms with Crippen molar-refractivity contribution in [3.63, 3.8) is 0 Å². The van der Waals surface area contributed by atoms with E-state index in [-0.39, 0.29) is 10.9 Å². The quantitative estimate of drug-likeness (QED) is 0.757. The Morgan fingerprint density at radius 1 is 1.47 bits per heavy atom. The molecule has 0 saturated heterocycles. The summed E-state index contributed by atoms with van der Waals surface area (Å²) in [7, 11) is -3.57. The second-order valence-corrected chi connectivity index (χ2v) is 5.94. The number of nitrogens with two attached hydrogens (primary N) is 1. The molecule has 6 nitrogen and oxygen atoms in total. The molecule has 0 spiro atoms. The van der Waals surface area contributed by atoms with Gasteiger partial charge in [-0.1, -0.05) is 12.1 Å². The fourth-order valence-corrected chi connectivity index (χ4v) is 3.01. The van der Waals surface area contributed by atoms with E-state index in [1.165, 1.54) is 0 Å². The monoisotopic (exact) mass is 280 g/mol. The summed E-state index contributed by atoms with van der Waals surface area (Å²) in [5.41, 5.74) is 7.07. The molecule has 0 saturated carbocycles. The average Bonchev–Trinajstić information content (AvgIpc) is 2.92. The first-order valence-corrected chi connectivity index (χ1v) is 7.31. The number of aromatic amines is 1. The van der Waals surface area contributed by atoms with Gasteiger partial charge in [0.2, 0.25) is 10.0 Å². The highest BCUT2D eigenvalue weighted by Crippen LogP contribution is 2.16. The van der Waals surface area contributed by atoms with Crippen LogP contribution in [-0.4, -0.2) is 18.6 Å². The first-order valence-electron chi connectivity index (χ1n) is 5.83. The number of hydrogen-bond acceptors (Lipinski definition) is 4. The molecule has 1 unspecified atom stereocenters. The molecule has 0 aliphatic heterocycles. The number of hydrogen-bond donors (Lipinski definition) is 3. The molecule has 0 aliphatic carbocycles. The highest BCUT2D eigenvalue weighted by molar-refractivity contribution is 7.89. The molecule has 1 aromatic carbocycles. The predicted octanol–water partition coefficient (Wildman–Crippen LogP) is 0.908. The van der Waals surface area contributed by atoms with Crippen LogP contribution in [0.4, 0.5) is 0 Å². The van der Waals surface area contributed by atoms with Crippen molar-refractivity contribution in [2.24, 2.45) is 5.73 Å². The van der Waals surface area contributed by atoms with Crippen molar-refractivity contribution in [3.05, 3.63) is 47.8 Å². The minimum atomic E-state index is -3.57. The Labute approximate surface area is 112 Å². The smallest absolute Gasteiger partial charge is 0.241 e. The summed E-state index contributed by atoms with van der Waals surface area (Å²) < 4.78 is 27.0. The minimum Gasteiger partial charge on any atom is -0.326 e. The molecule has 102 valence electrons. The molecule has 2 aromatic rings. The van der Waals surface area contributed by atoms with E-state index in [2.05, 4.69) is 14.9 Å². The number of nitrogens with zero attached hydrogens (tertiary/aromatic N) is 1. The van der Waals surface area contributed by atoms with Gasteiger partial charge in [0.05, 0.1) is 11.1 Å². The molecule has 0 bridgehead atoms. The first-order chi connectivity index (χ1) is 9.03. The van der Waals surface area contributed by atoms with Gasteiger partial charge >= 0.3 is 0 Å². The van der Waals surface area contributed by atoms with Gasteiger partial charge in [-0.05, 0) is 24.6 Å². The maximum absolute atomic E-state index is 12.2. The van der Waals surface area contributed by atoms with Gasteiger partial charge in [0.25, 0.3) is 0 Å². The molecule has 1 atom stereocenters. The van der Waals surface area contributed by atoms with Crippen molar-refractivity contribution in [2.75, 3.05) is 0 Å². The summed E-state index contributed by atoms with van der Waals surface area (Å²) in [6, 6.07) is 6.23. The summed E-state index contributed by atoms with van der Waals surface area (Å²) in [6.07, 6.45) is 3.24. The van der Waals surface area contributed by atoms with E-state index in [0.717, 1.165) is 11.1 Å². The Bertz CT molecular complexity index is 638. The summed E-state index contributed by atoms with van der Waals surface area (Å²) in [6.45, 7) is 2.07. The van der Waals surface area contributed by atoms with Crippen LogP contribution in [0.25, 0.3) is 0 Å². The van der Waals surface area contributed by atoms with Crippen molar-refractivity contribution in [1.29, 1.82) is 0 Å². The zero-order chi connectivity index (χ0) is 13.9. The molecule has 4 N–H and O–H groups in total. The summed E-state index contributed by atoms with van der Waals surface area (Å²) in [5, 5.41) is 6.45. The van der Waals surface area contributed by atoms with Crippen LogP contribution in [0.1, 0.15) is 24.1 Å². The van der Waals surface area contributed by atoms with Crippen LogP contribution in [0, 0.1) is 0 Å². The van der Waals surface area contributed by atoms with Gasteiger partial charge in [0, 0.05) is 24.3 Å². The second-order valence-electron chi connectivity index (χ2n) is 4.23. The maximum Gasteiger partial charge on any atom is 0.241 e. The second kappa shape index (κ2) is 5.52. The Balaban J connectivity index is 2.22. The lowest BCUT2D eigenvalue weighted by Gasteiger charge is -2.13. The molecule has 0 fully saturated rings. The fraction of sp³-hybridized carbons (Fsp3) is 0.250. The van der Waals surface area contributed by atoms with E-state index < -0.39 is 10.0 Å². The molecule has 19 heavy (non-hydrogen) atoms. The zero-order valence-electron chi connectivity index (χ0n) is 10.5. The predicted molar refractivity (Wildman–Crippen MR) is 71.7 cm³/mol. The number of aromatic nitrogens is 2. The van der Waals surface area contributed by atoms with E-state index >= 15 is 0 Å². The van der Waals surface area contributed by atoms with Crippen LogP contribution < -0.4 is 10.5 Å². The summed E-state index contributed by atoms with van der Waals surface area (Å²) >= 11 is 0. The van der Waals surface area contributed by atoms with Crippen molar-refractivity contribution in [1.82, 2.24) is 14.9 Å². The van der Waals surface area contributed by atoms with Gasteiger partial charge in [-0.3, -0.25) is 5.10 Å². The zero-order valence-corrected chi connectivity index (χ0v) is 11.3. The van der Waals surface area contributed by atoms with Crippen LogP contribution in [0.2, 0.25) is 0 Å². The minimum absolute atomic E-state index is 0.214. The Kier molecular flexibility index (Phi) is 3.98. The first kappa shape index (κ1) is 13.7. The Hall–Kier alpha value is -1.70. The highest BCUT2D eigenvalue weighted by atomic mass is 32.2. The van der Waals surface area contributed by atoms with Crippen LogP contribution in [0.15, 0.2) is 41.6 Å². The van der Waals surface area contributed by atoms with E-state index in [0.29, 0.717) is 6.54 Å². The largest absolute Gasteiger partial charge is 0.326 e. The van der Waals surface area contributed by atoms with Crippen molar-refractivity contribution in [2.45, 2.75) is 24.4 Å². The molecule has 7 heteroatoms. The lowest BCUT2D eigenvalue weighted by Crippen LogP contribution is -2.26. The third-order valence-corrected chi connectivity index (χ3v) is 4.33. The fourth-order valence-electron chi connectivity index (χ4n) is 1.71.